The van der Waals surface area contributed by atoms with E-state index in [9.17, 15) is 9.59 Å². The van der Waals surface area contributed by atoms with Gasteiger partial charge in [0, 0.05) is 30.7 Å². The van der Waals surface area contributed by atoms with Crippen LogP contribution in [-0.4, -0.2) is 30.4 Å². The molecule has 1 saturated heterocycles. The van der Waals surface area contributed by atoms with Crippen molar-refractivity contribution < 1.29 is 9.59 Å². The Hall–Kier alpha value is -1.59. The predicted octanol–water partition coefficient (Wildman–Crippen LogP) is 2.83. The first-order chi connectivity index (χ1) is 11.3. The zero-order chi connectivity index (χ0) is 17.9. The minimum Gasteiger partial charge on any atom is -0.350 e. The van der Waals surface area contributed by atoms with Gasteiger partial charge in [0.1, 0.15) is 0 Å². The Kier molecular flexibility index (Phi) is 7.44. The molecule has 0 aliphatic carbocycles. The maximum absolute atomic E-state index is 12.5. The number of hydrogen-bond acceptors (Lipinski definition) is 3. The van der Waals surface area contributed by atoms with Gasteiger partial charge >= 0.3 is 0 Å². The van der Waals surface area contributed by atoms with Gasteiger partial charge in [-0.3, -0.25) is 9.59 Å². The van der Waals surface area contributed by atoms with Gasteiger partial charge in [0.05, 0.1) is 5.92 Å². The number of nitrogens with two attached hydrogens (primary N) is 1. The van der Waals surface area contributed by atoms with Gasteiger partial charge in [-0.1, -0.05) is 32.0 Å². The second-order valence-electron chi connectivity index (χ2n) is 7.35. The number of hydrogen-bond donors (Lipinski definition) is 2. The summed E-state index contributed by atoms with van der Waals surface area (Å²) in [6, 6.07) is 7.99. The summed E-state index contributed by atoms with van der Waals surface area (Å²) in [6.07, 6.45) is 1.26. The van der Waals surface area contributed by atoms with Crippen LogP contribution in [0.25, 0.3) is 0 Å². The molecule has 6 heteroatoms. The topological polar surface area (TPSA) is 75.4 Å². The molecule has 3 N–H and O–H groups in total. The number of amides is 2. The quantitative estimate of drug-likeness (QED) is 0.811. The average molecular weight is 368 g/mol. The van der Waals surface area contributed by atoms with Crippen molar-refractivity contribution in [3.8, 4) is 0 Å². The minimum atomic E-state index is -0.456. The number of halogens is 1. The lowest BCUT2D eigenvalue weighted by Gasteiger charge is -2.26. The molecule has 1 aromatic rings. The number of anilines is 1. The number of nitrogens with zero attached hydrogens (tertiary/aromatic N) is 1. The lowest BCUT2D eigenvalue weighted by molar-refractivity contribution is -0.127. The first-order valence-electron chi connectivity index (χ1n) is 8.70. The van der Waals surface area contributed by atoms with E-state index >= 15 is 0 Å². The maximum Gasteiger partial charge on any atom is 0.227 e. The molecule has 1 heterocycles. The van der Waals surface area contributed by atoms with E-state index < -0.39 is 5.54 Å². The third kappa shape index (κ3) is 4.95. The van der Waals surface area contributed by atoms with Crippen molar-refractivity contribution >= 4 is 29.9 Å². The van der Waals surface area contributed by atoms with Crippen LogP contribution in [0.2, 0.25) is 0 Å². The van der Waals surface area contributed by atoms with Crippen molar-refractivity contribution in [3.63, 3.8) is 0 Å². The fourth-order valence-electron chi connectivity index (χ4n) is 2.97. The Morgan fingerprint density at radius 2 is 2.04 bits per heavy atom. The van der Waals surface area contributed by atoms with Gasteiger partial charge in [0.15, 0.2) is 0 Å². The van der Waals surface area contributed by atoms with Crippen LogP contribution in [0.5, 0.6) is 0 Å². The smallest absolute Gasteiger partial charge is 0.227 e. The number of rotatable bonds is 6. The summed E-state index contributed by atoms with van der Waals surface area (Å²) in [7, 11) is 0. The molecule has 2 atom stereocenters. The summed E-state index contributed by atoms with van der Waals surface area (Å²) in [5.74, 6) is -0.0369. The number of carbonyl (C=O) groups is 2. The van der Waals surface area contributed by atoms with Crippen LogP contribution in [0.3, 0.4) is 0 Å². The first kappa shape index (κ1) is 21.5. The number of para-hydroxylation sites is 1. The minimum absolute atomic E-state index is 0. The third-order valence-electron chi connectivity index (χ3n) is 4.84. The molecule has 0 saturated carbocycles. The monoisotopic (exact) mass is 367 g/mol. The molecule has 5 nitrogen and oxygen atoms in total. The van der Waals surface area contributed by atoms with Crippen LogP contribution in [0.4, 0.5) is 5.69 Å². The highest BCUT2D eigenvalue weighted by molar-refractivity contribution is 6.01. The Balaban J connectivity index is 0.00000312. The van der Waals surface area contributed by atoms with Gasteiger partial charge in [-0.2, -0.15) is 0 Å². The van der Waals surface area contributed by atoms with E-state index in [1.807, 2.05) is 32.0 Å². The largest absolute Gasteiger partial charge is 0.350 e. The standard InChI is InChI=1S/C19H29N3O2.ClH/c1-5-13(2)15-8-6-7-9-16(15)22-11-14(10-17(22)23)18(24)21-19(3,4)12-20;/h6-9,13-14H,5,10-12,20H2,1-4H3,(H,21,24);1H. The fraction of sp³-hybridized carbons (Fsp3) is 0.579. The van der Waals surface area contributed by atoms with Crippen molar-refractivity contribution in [2.24, 2.45) is 11.7 Å². The molecule has 2 amide bonds. The summed E-state index contributed by atoms with van der Waals surface area (Å²) in [5.41, 5.74) is 7.32. The van der Waals surface area contributed by atoms with Gasteiger partial charge in [-0.15, -0.1) is 12.4 Å². The summed E-state index contributed by atoms with van der Waals surface area (Å²) in [5, 5.41) is 2.95. The molecule has 0 bridgehead atoms. The Bertz CT molecular complexity index is 618. The van der Waals surface area contributed by atoms with Crippen LogP contribution >= 0.6 is 12.4 Å². The summed E-state index contributed by atoms with van der Waals surface area (Å²) in [4.78, 5) is 26.7. The predicted molar refractivity (Wildman–Crippen MR) is 104 cm³/mol. The van der Waals surface area contributed by atoms with Crippen LogP contribution < -0.4 is 16.0 Å². The van der Waals surface area contributed by atoms with Gasteiger partial charge in [0.25, 0.3) is 0 Å². The van der Waals surface area contributed by atoms with Gasteiger partial charge < -0.3 is 16.0 Å². The van der Waals surface area contributed by atoms with Crippen molar-refractivity contribution in [1.29, 1.82) is 0 Å². The Morgan fingerprint density at radius 3 is 2.64 bits per heavy atom. The van der Waals surface area contributed by atoms with Crippen LogP contribution in [0, 0.1) is 5.92 Å². The molecule has 0 radical (unpaired) electrons. The second-order valence-corrected chi connectivity index (χ2v) is 7.35. The van der Waals surface area contributed by atoms with Gasteiger partial charge in [0.2, 0.25) is 11.8 Å². The normalized spacial score (nSPS) is 18.7. The highest BCUT2D eigenvalue weighted by atomic mass is 35.5. The maximum atomic E-state index is 12.5. The Labute approximate surface area is 156 Å². The molecule has 1 aliphatic rings. The average Bonchev–Trinajstić information content (AvgIpc) is 2.95. The van der Waals surface area contributed by atoms with Crippen LogP contribution in [0.15, 0.2) is 24.3 Å². The molecule has 0 aromatic heterocycles. The molecular formula is C19H30ClN3O2. The van der Waals surface area contributed by atoms with E-state index in [1.54, 1.807) is 4.90 Å². The molecule has 1 aromatic carbocycles. The highest BCUT2D eigenvalue weighted by Gasteiger charge is 2.37. The van der Waals surface area contributed by atoms with E-state index in [2.05, 4.69) is 25.2 Å². The summed E-state index contributed by atoms with van der Waals surface area (Å²) >= 11 is 0. The van der Waals surface area contributed by atoms with Crippen LogP contribution in [0.1, 0.15) is 52.0 Å². The highest BCUT2D eigenvalue weighted by Crippen LogP contribution is 2.33. The van der Waals surface area contributed by atoms with E-state index in [0.29, 0.717) is 19.0 Å². The summed E-state index contributed by atoms with van der Waals surface area (Å²) in [6.45, 7) is 8.86. The van der Waals surface area contributed by atoms with E-state index in [-0.39, 0.29) is 36.6 Å². The van der Waals surface area contributed by atoms with E-state index in [4.69, 9.17) is 5.73 Å². The number of carbonyl (C=O) groups excluding carboxylic acids is 2. The summed E-state index contributed by atoms with van der Waals surface area (Å²) < 4.78 is 0. The van der Waals surface area contributed by atoms with E-state index in [0.717, 1.165) is 17.7 Å². The lowest BCUT2D eigenvalue weighted by Crippen LogP contribution is -2.51. The van der Waals surface area contributed by atoms with Crippen molar-refractivity contribution in [2.75, 3.05) is 18.0 Å². The van der Waals surface area contributed by atoms with Crippen molar-refractivity contribution in [1.82, 2.24) is 5.32 Å². The SMILES string of the molecule is CCC(C)c1ccccc1N1CC(C(=O)NC(C)(C)CN)CC1=O.Cl. The molecular weight excluding hydrogens is 338 g/mol. The van der Waals surface area contributed by atoms with Crippen LogP contribution in [-0.2, 0) is 9.59 Å². The van der Waals surface area contributed by atoms with Crippen molar-refractivity contribution in [2.45, 2.75) is 52.0 Å². The molecule has 0 spiro atoms. The number of nitrogens with one attached hydrogen (secondary N) is 1. The van der Waals surface area contributed by atoms with Crippen molar-refractivity contribution in [3.05, 3.63) is 29.8 Å². The molecule has 2 rings (SSSR count). The molecule has 140 valence electrons. The van der Waals surface area contributed by atoms with Gasteiger partial charge in [-0.05, 0) is 37.8 Å². The molecule has 1 aliphatic heterocycles. The third-order valence-corrected chi connectivity index (χ3v) is 4.84. The zero-order valence-electron chi connectivity index (χ0n) is 15.5. The molecule has 1 fully saturated rings. The lowest BCUT2D eigenvalue weighted by atomic mass is 9.96. The Morgan fingerprint density at radius 1 is 1.40 bits per heavy atom. The van der Waals surface area contributed by atoms with Gasteiger partial charge in [-0.25, -0.2) is 0 Å². The number of benzene rings is 1. The second kappa shape index (κ2) is 8.68. The molecule has 2 unspecified atom stereocenters. The zero-order valence-corrected chi connectivity index (χ0v) is 16.4. The fourth-order valence-corrected chi connectivity index (χ4v) is 2.97. The molecule has 25 heavy (non-hydrogen) atoms. The first-order valence-corrected chi connectivity index (χ1v) is 8.70. The van der Waals surface area contributed by atoms with E-state index in [1.165, 1.54) is 0 Å².